The van der Waals surface area contributed by atoms with E-state index in [1.165, 1.54) is 12.1 Å². The zero-order chi connectivity index (χ0) is 17.7. The van der Waals surface area contributed by atoms with Crippen LogP contribution < -0.4 is 10.2 Å². The molecule has 2 rings (SSSR count). The van der Waals surface area contributed by atoms with Gasteiger partial charge < -0.3 is 10.2 Å². The van der Waals surface area contributed by atoms with E-state index in [0.717, 1.165) is 16.8 Å². The average molecular weight is 328 g/mol. The van der Waals surface area contributed by atoms with Crippen LogP contribution in [0.5, 0.6) is 0 Å². The number of benzene rings is 2. The second kappa shape index (κ2) is 7.47. The number of nitrogens with zero attached hydrogens (tertiary/aromatic N) is 1. The highest BCUT2D eigenvalue weighted by Crippen LogP contribution is 2.20. The Morgan fingerprint density at radius 1 is 1.04 bits per heavy atom. The molecule has 0 aliphatic heterocycles. The number of rotatable bonds is 6. The molecule has 0 aliphatic carbocycles. The molecular weight excluding hydrogens is 303 g/mol. The van der Waals surface area contributed by atoms with Gasteiger partial charge in [0.1, 0.15) is 5.82 Å². The van der Waals surface area contributed by atoms with Crippen LogP contribution >= 0.6 is 0 Å². The number of hydrogen-bond acceptors (Lipinski definition) is 2. The number of nitrogens with one attached hydrogen (secondary N) is 1. The standard InChI is InChI=1S/C20H25FN2O/c1-20(2,16-8-10-17(21)11-9-16)22-19(24)14-7-15-5-12-18(13-6-15)23(3)4/h5-6,8-13H,7,14H2,1-4H3,(H,22,24). The molecule has 0 aromatic heterocycles. The molecular formula is C20H25FN2O. The summed E-state index contributed by atoms with van der Waals surface area (Å²) in [5.74, 6) is -0.289. The van der Waals surface area contributed by atoms with E-state index in [2.05, 4.69) is 17.4 Å². The first-order valence-electron chi connectivity index (χ1n) is 8.11. The predicted molar refractivity (Wildman–Crippen MR) is 96.7 cm³/mol. The largest absolute Gasteiger partial charge is 0.378 e. The second-order valence-electron chi connectivity index (χ2n) is 6.74. The van der Waals surface area contributed by atoms with Gasteiger partial charge in [0.05, 0.1) is 5.54 Å². The lowest BCUT2D eigenvalue weighted by atomic mass is 9.94. The lowest BCUT2D eigenvalue weighted by molar-refractivity contribution is -0.122. The summed E-state index contributed by atoms with van der Waals surface area (Å²) < 4.78 is 13.0. The molecule has 128 valence electrons. The highest BCUT2D eigenvalue weighted by atomic mass is 19.1. The summed E-state index contributed by atoms with van der Waals surface area (Å²) in [6.45, 7) is 3.84. The van der Waals surface area contributed by atoms with Crippen LogP contribution in [-0.4, -0.2) is 20.0 Å². The van der Waals surface area contributed by atoms with Gasteiger partial charge in [0.15, 0.2) is 0 Å². The molecule has 4 heteroatoms. The summed E-state index contributed by atoms with van der Waals surface area (Å²) >= 11 is 0. The summed E-state index contributed by atoms with van der Waals surface area (Å²) in [7, 11) is 4.00. The normalized spacial score (nSPS) is 11.2. The van der Waals surface area contributed by atoms with Crippen molar-refractivity contribution < 1.29 is 9.18 Å². The van der Waals surface area contributed by atoms with Gasteiger partial charge in [-0.3, -0.25) is 4.79 Å². The number of hydrogen-bond donors (Lipinski definition) is 1. The molecule has 0 bridgehead atoms. The zero-order valence-corrected chi connectivity index (χ0v) is 14.8. The van der Waals surface area contributed by atoms with Gasteiger partial charge in [0.25, 0.3) is 0 Å². The van der Waals surface area contributed by atoms with E-state index in [1.54, 1.807) is 12.1 Å². The third-order valence-corrected chi connectivity index (χ3v) is 4.11. The Bertz CT molecular complexity index is 676. The van der Waals surface area contributed by atoms with Gasteiger partial charge in [-0.05, 0) is 55.7 Å². The minimum Gasteiger partial charge on any atom is -0.378 e. The number of carbonyl (C=O) groups excluding carboxylic acids is 1. The summed E-state index contributed by atoms with van der Waals surface area (Å²) in [6, 6.07) is 14.4. The molecule has 3 nitrogen and oxygen atoms in total. The van der Waals surface area contributed by atoms with Crippen LogP contribution in [0.25, 0.3) is 0 Å². The van der Waals surface area contributed by atoms with Crippen molar-refractivity contribution >= 4 is 11.6 Å². The van der Waals surface area contributed by atoms with Crippen molar-refractivity contribution in [1.82, 2.24) is 5.32 Å². The molecule has 1 amide bonds. The smallest absolute Gasteiger partial charge is 0.221 e. The van der Waals surface area contributed by atoms with Crippen LogP contribution in [0, 0.1) is 5.82 Å². The second-order valence-corrected chi connectivity index (χ2v) is 6.74. The third kappa shape index (κ3) is 4.82. The van der Waals surface area contributed by atoms with Crippen molar-refractivity contribution in [3.63, 3.8) is 0 Å². The Kier molecular flexibility index (Phi) is 5.60. The number of halogens is 1. The maximum atomic E-state index is 13.0. The highest BCUT2D eigenvalue weighted by molar-refractivity contribution is 5.77. The number of aryl methyl sites for hydroxylation is 1. The molecule has 1 N–H and O–H groups in total. The van der Waals surface area contributed by atoms with Crippen molar-refractivity contribution in [2.24, 2.45) is 0 Å². The molecule has 0 unspecified atom stereocenters. The monoisotopic (exact) mass is 328 g/mol. The molecule has 0 radical (unpaired) electrons. The quantitative estimate of drug-likeness (QED) is 0.873. The lowest BCUT2D eigenvalue weighted by Crippen LogP contribution is -2.41. The number of amides is 1. The van der Waals surface area contributed by atoms with Crippen LogP contribution in [0.2, 0.25) is 0 Å². The fourth-order valence-electron chi connectivity index (χ4n) is 2.57. The fourth-order valence-corrected chi connectivity index (χ4v) is 2.57. The van der Waals surface area contributed by atoms with Crippen LogP contribution in [0.15, 0.2) is 48.5 Å². The van der Waals surface area contributed by atoms with Gasteiger partial charge in [-0.15, -0.1) is 0 Å². The van der Waals surface area contributed by atoms with E-state index < -0.39 is 5.54 Å². The van der Waals surface area contributed by atoms with Crippen molar-refractivity contribution in [3.8, 4) is 0 Å². The van der Waals surface area contributed by atoms with Crippen molar-refractivity contribution in [1.29, 1.82) is 0 Å². The van der Waals surface area contributed by atoms with Crippen LogP contribution in [0.1, 0.15) is 31.4 Å². The first-order chi connectivity index (χ1) is 11.3. The van der Waals surface area contributed by atoms with Crippen molar-refractivity contribution in [2.45, 2.75) is 32.2 Å². The Balaban J connectivity index is 1.91. The van der Waals surface area contributed by atoms with E-state index >= 15 is 0 Å². The Labute approximate surface area is 143 Å². The number of anilines is 1. The first-order valence-corrected chi connectivity index (χ1v) is 8.11. The van der Waals surface area contributed by atoms with Crippen LogP contribution in [0.4, 0.5) is 10.1 Å². The lowest BCUT2D eigenvalue weighted by Gasteiger charge is -2.27. The Morgan fingerprint density at radius 3 is 2.17 bits per heavy atom. The Morgan fingerprint density at radius 2 is 1.62 bits per heavy atom. The molecule has 2 aromatic carbocycles. The van der Waals surface area contributed by atoms with E-state index in [9.17, 15) is 9.18 Å². The summed E-state index contributed by atoms with van der Waals surface area (Å²) in [5, 5.41) is 3.02. The summed E-state index contributed by atoms with van der Waals surface area (Å²) in [4.78, 5) is 14.3. The highest BCUT2D eigenvalue weighted by Gasteiger charge is 2.22. The van der Waals surface area contributed by atoms with Gasteiger partial charge in [-0.25, -0.2) is 4.39 Å². The minimum atomic E-state index is -0.528. The summed E-state index contributed by atoms with van der Waals surface area (Å²) in [5.41, 5.74) is 2.63. The maximum absolute atomic E-state index is 13.0. The van der Waals surface area contributed by atoms with Gasteiger partial charge in [0.2, 0.25) is 5.91 Å². The van der Waals surface area contributed by atoms with E-state index in [1.807, 2.05) is 45.0 Å². The van der Waals surface area contributed by atoms with E-state index in [4.69, 9.17) is 0 Å². The molecule has 0 saturated heterocycles. The molecule has 0 aliphatic rings. The van der Waals surface area contributed by atoms with Crippen molar-refractivity contribution in [2.75, 3.05) is 19.0 Å². The zero-order valence-electron chi connectivity index (χ0n) is 14.8. The van der Waals surface area contributed by atoms with Gasteiger partial charge in [0, 0.05) is 26.2 Å². The predicted octanol–water partition coefficient (Wildman–Crippen LogP) is 3.88. The van der Waals surface area contributed by atoms with Crippen LogP contribution in [-0.2, 0) is 16.8 Å². The molecule has 0 saturated carbocycles. The summed E-state index contributed by atoms with van der Waals surface area (Å²) in [6.07, 6.45) is 1.12. The molecule has 0 fully saturated rings. The van der Waals surface area contributed by atoms with Gasteiger partial charge in [-0.2, -0.15) is 0 Å². The fraction of sp³-hybridized carbons (Fsp3) is 0.350. The van der Waals surface area contributed by atoms with E-state index in [0.29, 0.717) is 12.8 Å². The third-order valence-electron chi connectivity index (χ3n) is 4.11. The topological polar surface area (TPSA) is 32.3 Å². The Hall–Kier alpha value is -2.36. The molecule has 0 atom stereocenters. The molecule has 0 heterocycles. The number of carbonyl (C=O) groups is 1. The molecule has 2 aromatic rings. The van der Waals surface area contributed by atoms with Crippen molar-refractivity contribution in [3.05, 3.63) is 65.5 Å². The molecule has 0 spiro atoms. The first kappa shape index (κ1) is 18.0. The minimum absolute atomic E-state index is 0.0130. The van der Waals surface area contributed by atoms with E-state index in [-0.39, 0.29) is 11.7 Å². The SMILES string of the molecule is CN(C)c1ccc(CCC(=O)NC(C)(C)c2ccc(F)cc2)cc1. The van der Waals surface area contributed by atoms with Gasteiger partial charge in [-0.1, -0.05) is 24.3 Å². The average Bonchev–Trinajstić information content (AvgIpc) is 2.53. The van der Waals surface area contributed by atoms with Crippen LogP contribution in [0.3, 0.4) is 0 Å². The molecule has 24 heavy (non-hydrogen) atoms. The van der Waals surface area contributed by atoms with Gasteiger partial charge >= 0.3 is 0 Å². The maximum Gasteiger partial charge on any atom is 0.221 e.